The minimum absolute atomic E-state index is 0.324. The van der Waals surface area contributed by atoms with Gasteiger partial charge in [-0.25, -0.2) is 0 Å². The summed E-state index contributed by atoms with van der Waals surface area (Å²) >= 11 is 0. The molecule has 1 fully saturated rings. The molecule has 1 aliphatic heterocycles. The molecule has 1 atom stereocenters. The minimum Gasteiger partial charge on any atom is -0.395 e. The summed E-state index contributed by atoms with van der Waals surface area (Å²) in [6.45, 7) is 11.6. The Hall–Kier alpha value is -0.120. The van der Waals surface area contributed by atoms with Gasteiger partial charge in [0.15, 0.2) is 0 Å². The van der Waals surface area contributed by atoms with Crippen LogP contribution < -0.4 is 5.32 Å². The van der Waals surface area contributed by atoms with Crippen molar-refractivity contribution < 1.29 is 5.11 Å². The van der Waals surface area contributed by atoms with Crippen molar-refractivity contribution in [2.45, 2.75) is 58.9 Å². The Balaban J connectivity index is 2.62. The molecule has 1 unspecified atom stereocenters. The van der Waals surface area contributed by atoms with Crippen LogP contribution in [-0.4, -0.2) is 48.8 Å². The maximum Gasteiger partial charge on any atom is 0.0586 e. The number of rotatable bonds is 8. The number of aliphatic hydroxyl groups is 1. The average Bonchev–Trinajstić information content (AvgIpc) is 2.44. The second-order valence-electron chi connectivity index (χ2n) is 5.79. The number of nitrogens with one attached hydrogen (secondary N) is 1. The molecule has 0 amide bonds. The second kappa shape index (κ2) is 8.13. The van der Waals surface area contributed by atoms with E-state index in [1.165, 1.54) is 38.6 Å². The highest BCUT2D eigenvalue weighted by Crippen LogP contribution is 2.30. The van der Waals surface area contributed by atoms with Crippen LogP contribution in [0.2, 0.25) is 0 Å². The molecular weight excluding hydrogens is 224 g/mol. The minimum atomic E-state index is 0.324. The summed E-state index contributed by atoms with van der Waals surface area (Å²) in [7, 11) is 0. The molecule has 18 heavy (non-hydrogen) atoms. The van der Waals surface area contributed by atoms with Crippen molar-refractivity contribution in [3.05, 3.63) is 0 Å². The predicted molar refractivity (Wildman–Crippen MR) is 77.9 cm³/mol. The zero-order valence-corrected chi connectivity index (χ0v) is 12.5. The normalized spacial score (nSPS) is 22.3. The van der Waals surface area contributed by atoms with Gasteiger partial charge in [0.1, 0.15) is 0 Å². The summed E-state index contributed by atoms with van der Waals surface area (Å²) in [6, 6.07) is 0.401. The molecule has 3 heteroatoms. The number of hydrogen-bond donors (Lipinski definition) is 2. The zero-order valence-electron chi connectivity index (χ0n) is 12.5. The van der Waals surface area contributed by atoms with Gasteiger partial charge in [0.05, 0.1) is 6.61 Å². The number of aliphatic hydroxyl groups excluding tert-OH is 1. The Morgan fingerprint density at radius 2 is 1.94 bits per heavy atom. The van der Waals surface area contributed by atoms with Gasteiger partial charge in [-0.1, -0.05) is 27.2 Å². The Labute approximate surface area is 113 Å². The predicted octanol–water partition coefficient (Wildman–Crippen LogP) is 2.25. The van der Waals surface area contributed by atoms with Gasteiger partial charge >= 0.3 is 0 Å². The Bertz CT molecular complexity index is 217. The van der Waals surface area contributed by atoms with E-state index in [4.69, 9.17) is 0 Å². The van der Waals surface area contributed by atoms with Crippen LogP contribution in [0.3, 0.4) is 0 Å². The van der Waals surface area contributed by atoms with E-state index >= 15 is 0 Å². The Kier molecular flexibility index (Phi) is 7.20. The largest absolute Gasteiger partial charge is 0.395 e. The first-order valence-electron chi connectivity index (χ1n) is 7.77. The van der Waals surface area contributed by atoms with Crippen LogP contribution >= 0.6 is 0 Å². The van der Waals surface area contributed by atoms with Crippen LogP contribution in [0.15, 0.2) is 0 Å². The first-order valence-corrected chi connectivity index (χ1v) is 7.77. The smallest absolute Gasteiger partial charge is 0.0586 e. The summed E-state index contributed by atoms with van der Waals surface area (Å²) in [4.78, 5) is 2.54. The molecular formula is C15H32N2O. The fraction of sp³-hybridized carbons (Fsp3) is 1.00. The average molecular weight is 256 g/mol. The molecule has 0 bridgehead atoms. The van der Waals surface area contributed by atoms with E-state index in [1.807, 2.05) is 0 Å². The standard InChI is InChI=1S/C15H32N2O/c1-4-15(5-2,12-16-6-3)13-17-10-8-7-9-14(17)11-18/h14,16,18H,4-13H2,1-3H3. The third kappa shape index (κ3) is 4.22. The van der Waals surface area contributed by atoms with Crippen molar-refractivity contribution in [2.75, 3.05) is 32.8 Å². The van der Waals surface area contributed by atoms with Crippen molar-refractivity contribution in [3.8, 4) is 0 Å². The van der Waals surface area contributed by atoms with Crippen molar-refractivity contribution in [1.82, 2.24) is 10.2 Å². The Morgan fingerprint density at radius 1 is 1.22 bits per heavy atom. The molecule has 0 aliphatic carbocycles. The summed E-state index contributed by atoms with van der Waals surface area (Å²) in [5.74, 6) is 0. The molecule has 3 nitrogen and oxygen atoms in total. The quantitative estimate of drug-likeness (QED) is 0.699. The first-order chi connectivity index (χ1) is 8.71. The SMILES string of the molecule is CCNCC(CC)(CC)CN1CCCCC1CO. The van der Waals surface area contributed by atoms with E-state index in [1.54, 1.807) is 0 Å². The van der Waals surface area contributed by atoms with Crippen LogP contribution in [-0.2, 0) is 0 Å². The molecule has 0 aromatic carbocycles. The van der Waals surface area contributed by atoms with Gasteiger partial charge in [0.25, 0.3) is 0 Å². The molecule has 1 aliphatic rings. The molecule has 0 spiro atoms. The van der Waals surface area contributed by atoms with Crippen LogP contribution in [0.5, 0.6) is 0 Å². The van der Waals surface area contributed by atoms with Gasteiger partial charge < -0.3 is 10.4 Å². The van der Waals surface area contributed by atoms with Gasteiger partial charge in [0.2, 0.25) is 0 Å². The van der Waals surface area contributed by atoms with Crippen LogP contribution in [0.25, 0.3) is 0 Å². The van der Waals surface area contributed by atoms with Crippen LogP contribution in [0.4, 0.5) is 0 Å². The fourth-order valence-corrected chi connectivity index (χ4v) is 3.08. The summed E-state index contributed by atoms with van der Waals surface area (Å²) < 4.78 is 0. The topological polar surface area (TPSA) is 35.5 Å². The van der Waals surface area contributed by atoms with E-state index < -0.39 is 0 Å². The van der Waals surface area contributed by atoms with Crippen molar-refractivity contribution in [1.29, 1.82) is 0 Å². The first kappa shape index (κ1) is 15.9. The van der Waals surface area contributed by atoms with Gasteiger partial charge in [-0.15, -0.1) is 0 Å². The maximum atomic E-state index is 9.52. The van der Waals surface area contributed by atoms with Gasteiger partial charge in [0, 0.05) is 19.1 Å². The van der Waals surface area contributed by atoms with E-state index in [-0.39, 0.29) is 0 Å². The third-order valence-corrected chi connectivity index (χ3v) is 4.75. The van der Waals surface area contributed by atoms with Gasteiger partial charge in [-0.2, -0.15) is 0 Å². The molecule has 1 saturated heterocycles. The van der Waals surface area contributed by atoms with Crippen molar-refractivity contribution in [2.24, 2.45) is 5.41 Å². The van der Waals surface area contributed by atoms with E-state index in [9.17, 15) is 5.11 Å². The lowest BCUT2D eigenvalue weighted by atomic mass is 9.80. The highest BCUT2D eigenvalue weighted by Gasteiger charge is 2.32. The highest BCUT2D eigenvalue weighted by atomic mass is 16.3. The van der Waals surface area contributed by atoms with Crippen LogP contribution in [0, 0.1) is 5.41 Å². The third-order valence-electron chi connectivity index (χ3n) is 4.75. The van der Waals surface area contributed by atoms with Gasteiger partial charge in [-0.3, -0.25) is 4.90 Å². The lowest BCUT2D eigenvalue weighted by Gasteiger charge is -2.42. The summed E-state index contributed by atoms with van der Waals surface area (Å²) in [6.07, 6.45) is 6.17. The van der Waals surface area contributed by atoms with Crippen molar-refractivity contribution >= 4 is 0 Å². The molecule has 0 aromatic rings. The summed E-state index contributed by atoms with van der Waals surface area (Å²) in [5, 5.41) is 13.0. The van der Waals surface area contributed by atoms with E-state index in [2.05, 4.69) is 31.0 Å². The molecule has 0 radical (unpaired) electrons. The lowest BCUT2D eigenvalue weighted by molar-refractivity contribution is 0.0433. The fourth-order valence-electron chi connectivity index (χ4n) is 3.08. The van der Waals surface area contributed by atoms with E-state index in [0.29, 0.717) is 18.1 Å². The molecule has 1 heterocycles. The molecule has 108 valence electrons. The van der Waals surface area contributed by atoms with Gasteiger partial charge in [-0.05, 0) is 44.2 Å². The second-order valence-corrected chi connectivity index (χ2v) is 5.79. The van der Waals surface area contributed by atoms with E-state index in [0.717, 1.165) is 19.6 Å². The highest BCUT2D eigenvalue weighted by molar-refractivity contribution is 4.87. The maximum absolute atomic E-state index is 9.52. The number of nitrogens with zero attached hydrogens (tertiary/aromatic N) is 1. The lowest BCUT2D eigenvalue weighted by Crippen LogP contribution is -2.50. The van der Waals surface area contributed by atoms with Crippen LogP contribution in [0.1, 0.15) is 52.9 Å². The number of likely N-dealkylation sites (tertiary alicyclic amines) is 1. The molecule has 0 aromatic heterocycles. The van der Waals surface area contributed by atoms with Crippen molar-refractivity contribution in [3.63, 3.8) is 0 Å². The summed E-state index contributed by atoms with van der Waals surface area (Å²) in [5.41, 5.74) is 0.376. The molecule has 1 rings (SSSR count). The number of piperidine rings is 1. The zero-order chi connectivity index (χ0) is 13.4. The monoisotopic (exact) mass is 256 g/mol. The molecule has 0 saturated carbocycles. The number of hydrogen-bond acceptors (Lipinski definition) is 3. The molecule has 2 N–H and O–H groups in total. The Morgan fingerprint density at radius 3 is 2.50 bits per heavy atom.